The van der Waals surface area contributed by atoms with Gasteiger partial charge in [-0.05, 0) is 69.3 Å². The maximum Gasteiger partial charge on any atom is 0.100 e. The zero-order valence-electron chi connectivity index (χ0n) is 20.1. The van der Waals surface area contributed by atoms with Gasteiger partial charge in [-0.15, -0.1) is 11.3 Å². The fourth-order valence-corrected chi connectivity index (χ4v) is 10.2. The van der Waals surface area contributed by atoms with Crippen LogP contribution >= 0.6 is 11.3 Å². The van der Waals surface area contributed by atoms with Crippen molar-refractivity contribution in [3.8, 4) is 0 Å². The molecule has 1 N–H and O–H groups in total. The van der Waals surface area contributed by atoms with Gasteiger partial charge in [-0.1, -0.05) is 48.4 Å². The number of nitrogens with zero attached hydrogens (tertiary/aromatic N) is 2. The van der Waals surface area contributed by atoms with Crippen LogP contribution in [0.5, 0.6) is 0 Å². The van der Waals surface area contributed by atoms with Crippen LogP contribution in [0, 0.1) is 0 Å². The van der Waals surface area contributed by atoms with Crippen LogP contribution in [0.3, 0.4) is 0 Å². The predicted octanol–water partition coefficient (Wildman–Crippen LogP) is 5.49. The predicted molar refractivity (Wildman–Crippen MR) is 142 cm³/mol. The summed E-state index contributed by atoms with van der Waals surface area (Å²) in [5.74, 6) is 0.554. The van der Waals surface area contributed by atoms with Crippen LogP contribution in [0.25, 0.3) is 0 Å². The molecule has 2 aliphatic heterocycles. The Morgan fingerprint density at radius 1 is 1.12 bits per heavy atom. The topological polar surface area (TPSA) is 45.2 Å². The van der Waals surface area contributed by atoms with Gasteiger partial charge in [0.1, 0.15) is 11.0 Å². The van der Waals surface area contributed by atoms with Gasteiger partial charge in [0.05, 0.1) is 16.5 Å². The van der Waals surface area contributed by atoms with Gasteiger partial charge in [-0.25, -0.2) is 13.5 Å². The smallest absolute Gasteiger partial charge is 0.100 e. The van der Waals surface area contributed by atoms with Gasteiger partial charge >= 0.3 is 0 Å². The van der Waals surface area contributed by atoms with Crippen molar-refractivity contribution in [2.24, 2.45) is 0 Å². The Morgan fingerprint density at radius 3 is 2.82 bits per heavy atom. The van der Waals surface area contributed by atoms with E-state index in [1.54, 1.807) is 16.9 Å². The van der Waals surface area contributed by atoms with E-state index in [2.05, 4.69) is 51.0 Å². The lowest BCUT2D eigenvalue weighted by Gasteiger charge is -2.43. The van der Waals surface area contributed by atoms with Crippen molar-refractivity contribution in [3.05, 3.63) is 63.6 Å². The highest BCUT2D eigenvalue weighted by Crippen LogP contribution is 2.47. The van der Waals surface area contributed by atoms with Crippen molar-refractivity contribution in [1.82, 2.24) is 14.6 Å². The number of benzene rings is 1. The summed E-state index contributed by atoms with van der Waals surface area (Å²) in [6.45, 7) is 2.72. The summed E-state index contributed by atoms with van der Waals surface area (Å²) < 4.78 is 16.9. The molecule has 2 aromatic rings. The van der Waals surface area contributed by atoms with Crippen molar-refractivity contribution in [3.63, 3.8) is 0 Å². The summed E-state index contributed by atoms with van der Waals surface area (Å²) in [7, 11) is -1.01. The number of allylic oxidation sites excluding steroid dienone is 1. The van der Waals surface area contributed by atoms with Gasteiger partial charge < -0.3 is 5.32 Å². The molecule has 6 rings (SSSR count). The maximum absolute atomic E-state index is 14.5. The Hall–Kier alpha value is -1.34. The maximum atomic E-state index is 14.5. The summed E-state index contributed by atoms with van der Waals surface area (Å²) in [4.78, 5) is 6.11. The Kier molecular flexibility index (Phi) is 6.76. The van der Waals surface area contributed by atoms with Gasteiger partial charge in [0.2, 0.25) is 0 Å². The average molecular weight is 496 g/mol. The summed E-state index contributed by atoms with van der Waals surface area (Å²) in [5.41, 5.74) is 6.33. The van der Waals surface area contributed by atoms with E-state index in [0.29, 0.717) is 5.92 Å². The second-order valence-electron chi connectivity index (χ2n) is 10.8. The third-order valence-corrected chi connectivity index (χ3v) is 11.9. The zero-order chi connectivity index (χ0) is 23.0. The molecule has 2 saturated heterocycles. The minimum Gasteiger partial charge on any atom is -0.314 e. The first-order chi connectivity index (χ1) is 16.7. The molecule has 3 fully saturated rings. The van der Waals surface area contributed by atoms with Crippen LogP contribution in [0.2, 0.25) is 0 Å². The molecule has 182 valence electrons. The molecule has 4 nitrogen and oxygen atoms in total. The van der Waals surface area contributed by atoms with E-state index in [9.17, 15) is 4.21 Å². The summed E-state index contributed by atoms with van der Waals surface area (Å²) in [6.07, 6.45) is 14.5. The summed E-state index contributed by atoms with van der Waals surface area (Å²) >= 11 is 1.80. The SMILES string of the molecule is O=S(C1CNCC12CCCc1ncsc12)N1CCC(c2ccccc2)CC1C=C1CCCCC1. The molecule has 2 aliphatic carbocycles. The van der Waals surface area contributed by atoms with Gasteiger partial charge in [-0.3, -0.25) is 0 Å². The number of hydrogen-bond donors (Lipinski definition) is 1. The highest BCUT2D eigenvalue weighted by atomic mass is 32.2. The molecule has 1 aromatic heterocycles. The molecule has 5 unspecified atom stereocenters. The van der Waals surface area contributed by atoms with Gasteiger partial charge in [0.25, 0.3) is 0 Å². The largest absolute Gasteiger partial charge is 0.314 e. The van der Waals surface area contributed by atoms with Crippen molar-refractivity contribution in [2.75, 3.05) is 19.6 Å². The molecule has 4 aliphatic rings. The third kappa shape index (κ3) is 4.25. The Balaban J connectivity index is 1.30. The molecular formula is C28H37N3OS2. The molecule has 1 spiro atoms. The van der Waals surface area contributed by atoms with E-state index in [1.165, 1.54) is 48.2 Å². The van der Waals surface area contributed by atoms with E-state index < -0.39 is 11.0 Å². The number of piperidine rings is 1. The van der Waals surface area contributed by atoms with Crippen molar-refractivity contribution in [2.45, 2.75) is 86.8 Å². The number of fused-ring (bicyclic) bond motifs is 2. The van der Waals surface area contributed by atoms with Crippen LogP contribution in [0.15, 0.2) is 47.5 Å². The lowest BCUT2D eigenvalue weighted by molar-refractivity contribution is 0.271. The van der Waals surface area contributed by atoms with E-state index in [1.807, 2.05) is 5.51 Å². The molecule has 6 heteroatoms. The van der Waals surface area contributed by atoms with Crippen LogP contribution in [0.1, 0.15) is 79.8 Å². The van der Waals surface area contributed by atoms with Crippen LogP contribution < -0.4 is 5.32 Å². The van der Waals surface area contributed by atoms with E-state index in [0.717, 1.165) is 51.7 Å². The molecule has 1 aromatic carbocycles. The Labute approximate surface area is 210 Å². The monoisotopic (exact) mass is 495 g/mol. The lowest BCUT2D eigenvalue weighted by atomic mass is 9.75. The number of nitrogens with one attached hydrogen (secondary N) is 1. The fourth-order valence-electron chi connectivity index (χ4n) is 7.00. The first-order valence-electron chi connectivity index (χ1n) is 13.3. The third-order valence-electron chi connectivity index (χ3n) is 8.78. The number of thiazole rings is 1. The number of aromatic nitrogens is 1. The summed E-state index contributed by atoms with van der Waals surface area (Å²) in [6, 6.07) is 11.3. The van der Waals surface area contributed by atoms with Crippen LogP contribution in [0.4, 0.5) is 0 Å². The minimum atomic E-state index is -1.01. The highest BCUT2D eigenvalue weighted by molar-refractivity contribution is 7.83. The quantitative estimate of drug-likeness (QED) is 0.571. The first-order valence-corrected chi connectivity index (χ1v) is 15.3. The van der Waals surface area contributed by atoms with Crippen LogP contribution in [-0.2, 0) is 22.8 Å². The van der Waals surface area contributed by atoms with Crippen molar-refractivity contribution >= 4 is 22.3 Å². The Morgan fingerprint density at radius 2 is 1.97 bits per heavy atom. The minimum absolute atomic E-state index is 0.00157. The molecule has 1 saturated carbocycles. The van der Waals surface area contributed by atoms with Gasteiger partial charge in [0, 0.05) is 36.0 Å². The van der Waals surface area contributed by atoms with Crippen LogP contribution in [-0.4, -0.2) is 44.4 Å². The molecule has 34 heavy (non-hydrogen) atoms. The summed E-state index contributed by atoms with van der Waals surface area (Å²) in [5, 5.41) is 3.80. The average Bonchev–Trinajstić information content (AvgIpc) is 3.54. The van der Waals surface area contributed by atoms with Gasteiger partial charge in [0.15, 0.2) is 0 Å². The van der Waals surface area contributed by atoms with Crippen molar-refractivity contribution in [1.29, 1.82) is 0 Å². The van der Waals surface area contributed by atoms with E-state index in [-0.39, 0.29) is 16.7 Å². The number of aryl methyl sites for hydroxylation is 1. The Bertz CT molecular complexity index is 1040. The highest BCUT2D eigenvalue weighted by Gasteiger charge is 2.52. The zero-order valence-corrected chi connectivity index (χ0v) is 21.7. The molecular weight excluding hydrogens is 458 g/mol. The second kappa shape index (κ2) is 9.96. The number of hydrogen-bond acceptors (Lipinski definition) is 4. The van der Waals surface area contributed by atoms with E-state index in [4.69, 9.17) is 0 Å². The molecule has 0 radical (unpaired) electrons. The fraction of sp³-hybridized carbons (Fsp3) is 0.607. The molecule has 5 atom stereocenters. The number of rotatable bonds is 4. The lowest BCUT2D eigenvalue weighted by Crippen LogP contribution is -2.51. The molecule has 0 bridgehead atoms. The second-order valence-corrected chi connectivity index (χ2v) is 13.2. The normalized spacial score (nSPS) is 33.1. The standard InChI is InChI=1S/C28H37N3OS2/c32-34(26-18-29-19-28(26)14-7-12-25-27(28)33-20-30-25)31-15-13-23(22-10-5-2-6-11-22)17-24(31)16-21-8-3-1-4-9-21/h2,5-6,10-11,16,20,23-24,26,29H,1,3-4,7-9,12-15,17-19H2. The van der Waals surface area contributed by atoms with Crippen molar-refractivity contribution < 1.29 is 4.21 Å². The van der Waals surface area contributed by atoms with Gasteiger partial charge in [-0.2, -0.15) is 0 Å². The molecule has 3 heterocycles. The first kappa shape index (κ1) is 23.1. The molecule has 0 amide bonds. The van der Waals surface area contributed by atoms with E-state index >= 15 is 0 Å².